The molecule has 13 rings (SSSR count). The summed E-state index contributed by atoms with van der Waals surface area (Å²) in [4.78, 5) is 5.13. The largest absolute Gasteiger partial charge is 0.310 e. The summed E-state index contributed by atoms with van der Waals surface area (Å²) < 4.78 is 5.46. The Morgan fingerprint density at radius 3 is 1.47 bits per heavy atom. The molecule has 0 radical (unpaired) electrons. The van der Waals surface area contributed by atoms with Crippen molar-refractivity contribution in [2.75, 3.05) is 9.80 Å². The first kappa shape index (κ1) is 31.5. The lowest BCUT2D eigenvalue weighted by Gasteiger charge is -2.42. The predicted molar refractivity (Wildman–Crippen MR) is 249 cm³/mol. The van der Waals surface area contributed by atoms with Crippen LogP contribution in [0.25, 0.3) is 63.6 Å². The van der Waals surface area contributed by atoms with Crippen LogP contribution in [0.2, 0.25) is 0 Å². The molecule has 9 aromatic carbocycles. The number of nitrogens with zero attached hydrogens (tertiary/aromatic N) is 2. The molecule has 2 nitrogen and oxygen atoms in total. The summed E-state index contributed by atoms with van der Waals surface area (Å²) in [6, 6.07) is 69.8. The molecule has 0 bridgehead atoms. The Balaban J connectivity index is 1.11. The van der Waals surface area contributed by atoms with Gasteiger partial charge in [0.15, 0.2) is 0 Å². The van der Waals surface area contributed by atoms with E-state index in [2.05, 4.69) is 198 Å². The Bertz CT molecular complexity index is 3420. The summed E-state index contributed by atoms with van der Waals surface area (Å²) >= 11 is 3.92. The molecule has 0 aliphatic carbocycles. The molecular formula is C52H31BN2S2. The first-order valence-electron chi connectivity index (χ1n) is 19.6. The molecule has 2 aliphatic heterocycles. The maximum atomic E-state index is 2.60. The van der Waals surface area contributed by atoms with E-state index in [4.69, 9.17) is 0 Å². The quantitative estimate of drug-likeness (QED) is 0.131. The van der Waals surface area contributed by atoms with E-state index in [9.17, 15) is 0 Å². The van der Waals surface area contributed by atoms with Crippen LogP contribution in [-0.4, -0.2) is 6.71 Å². The summed E-state index contributed by atoms with van der Waals surface area (Å²) in [7, 11) is 0. The maximum absolute atomic E-state index is 2.60. The third-order valence-electron chi connectivity index (χ3n) is 12.2. The van der Waals surface area contributed by atoms with Gasteiger partial charge in [-0.15, -0.1) is 22.7 Å². The fraction of sp³-hybridized carbons (Fsp3) is 0. The van der Waals surface area contributed by atoms with Crippen molar-refractivity contribution in [1.82, 2.24) is 0 Å². The van der Waals surface area contributed by atoms with Crippen LogP contribution in [0.5, 0.6) is 0 Å². The Labute approximate surface area is 338 Å². The zero-order chi connectivity index (χ0) is 37.2. The number of anilines is 6. The average Bonchev–Trinajstić information content (AvgIpc) is 3.86. The van der Waals surface area contributed by atoms with E-state index in [1.807, 2.05) is 22.7 Å². The van der Waals surface area contributed by atoms with Crippen molar-refractivity contribution >= 4 is 131 Å². The molecule has 0 spiro atoms. The standard InChI is InChI=1S/C52H31BN2S2/c1-2-15-33(16-3-1)54-44-25-14-26-45-48(44)53(51-49(54)40-22-9-12-27-46(40)56-51)52-50(41-23-10-13-28-47(41)57-52)55(45)43-24-11-8-17-34(43)32-29-30-39-37-20-5-4-18-35(37)36-19-6-7-21-38(36)42(39)31-32/h1-31H. The lowest BCUT2D eigenvalue weighted by molar-refractivity contribution is 1.28. The number of hydrogen-bond acceptors (Lipinski definition) is 4. The van der Waals surface area contributed by atoms with Gasteiger partial charge in [-0.05, 0) is 91.9 Å². The third kappa shape index (κ3) is 4.36. The van der Waals surface area contributed by atoms with E-state index < -0.39 is 0 Å². The van der Waals surface area contributed by atoms with Crippen LogP contribution >= 0.6 is 22.7 Å². The monoisotopic (exact) mass is 758 g/mol. The summed E-state index contributed by atoms with van der Waals surface area (Å²) in [6.07, 6.45) is 0. The second-order valence-electron chi connectivity index (χ2n) is 15.1. The Hall–Kier alpha value is -6.66. The van der Waals surface area contributed by atoms with E-state index in [0.29, 0.717) is 0 Å². The number of para-hydroxylation sites is 2. The van der Waals surface area contributed by atoms with Crippen molar-refractivity contribution in [2.24, 2.45) is 0 Å². The second kappa shape index (κ2) is 11.9. The second-order valence-corrected chi connectivity index (χ2v) is 17.3. The highest BCUT2D eigenvalue weighted by atomic mass is 32.1. The van der Waals surface area contributed by atoms with Crippen molar-refractivity contribution in [3.05, 3.63) is 188 Å². The fourth-order valence-electron chi connectivity index (χ4n) is 9.89. The molecule has 11 aromatic rings. The molecule has 0 saturated heterocycles. The van der Waals surface area contributed by atoms with Gasteiger partial charge in [0.05, 0.1) is 17.1 Å². The first-order chi connectivity index (χ1) is 28.3. The fourth-order valence-corrected chi connectivity index (χ4v) is 12.6. The van der Waals surface area contributed by atoms with Gasteiger partial charge in [-0.3, -0.25) is 0 Å². The SMILES string of the molecule is c1ccc(N2c3cccc4c3B(c3sc5ccccc5c32)c2sc3ccccc3c2N4c2ccccc2-c2ccc3c4ccccc4c4ccccc4c3c2)cc1. The highest BCUT2D eigenvalue weighted by molar-refractivity contribution is 7.40. The van der Waals surface area contributed by atoms with Crippen LogP contribution in [0.3, 0.4) is 0 Å². The number of fused-ring (bicyclic) bond motifs is 14. The molecule has 2 aliphatic rings. The van der Waals surface area contributed by atoms with Gasteiger partial charge in [-0.1, -0.05) is 140 Å². The number of hydrogen-bond donors (Lipinski definition) is 0. The highest BCUT2D eigenvalue weighted by Crippen LogP contribution is 2.51. The normalized spacial score (nSPS) is 13.2. The predicted octanol–water partition coefficient (Wildman–Crippen LogP) is 13.3. The van der Waals surface area contributed by atoms with Crippen molar-refractivity contribution < 1.29 is 0 Å². The van der Waals surface area contributed by atoms with Gasteiger partial charge in [0.1, 0.15) is 0 Å². The van der Waals surface area contributed by atoms with Gasteiger partial charge in [0.2, 0.25) is 0 Å². The van der Waals surface area contributed by atoms with Crippen molar-refractivity contribution in [1.29, 1.82) is 0 Å². The zero-order valence-electron chi connectivity index (χ0n) is 30.7. The Morgan fingerprint density at radius 1 is 0.351 bits per heavy atom. The summed E-state index contributed by atoms with van der Waals surface area (Å²) in [5, 5.41) is 10.4. The van der Waals surface area contributed by atoms with E-state index in [1.165, 1.54) is 113 Å². The number of rotatable bonds is 3. The van der Waals surface area contributed by atoms with Gasteiger partial charge in [0.25, 0.3) is 6.71 Å². The summed E-state index contributed by atoms with van der Waals surface area (Å²) in [6.45, 7) is 0.111. The summed E-state index contributed by atoms with van der Waals surface area (Å²) in [5.41, 5.74) is 11.3. The molecular weight excluding hydrogens is 728 g/mol. The van der Waals surface area contributed by atoms with Gasteiger partial charge in [-0.25, -0.2) is 0 Å². The van der Waals surface area contributed by atoms with Crippen LogP contribution < -0.4 is 24.8 Å². The molecule has 0 fully saturated rings. The van der Waals surface area contributed by atoms with Crippen molar-refractivity contribution in [3.63, 3.8) is 0 Å². The van der Waals surface area contributed by atoms with E-state index in [0.717, 1.165) is 0 Å². The van der Waals surface area contributed by atoms with Crippen LogP contribution in [0.4, 0.5) is 34.1 Å². The molecule has 264 valence electrons. The Morgan fingerprint density at radius 2 is 0.825 bits per heavy atom. The molecule has 4 heterocycles. The van der Waals surface area contributed by atoms with Crippen molar-refractivity contribution in [3.8, 4) is 11.1 Å². The molecule has 0 N–H and O–H groups in total. The third-order valence-corrected chi connectivity index (χ3v) is 14.7. The smallest absolute Gasteiger partial charge is 0.277 e. The minimum absolute atomic E-state index is 0.111. The van der Waals surface area contributed by atoms with Crippen LogP contribution in [-0.2, 0) is 0 Å². The van der Waals surface area contributed by atoms with Crippen LogP contribution in [0.15, 0.2) is 188 Å². The molecule has 0 atom stereocenters. The minimum Gasteiger partial charge on any atom is -0.310 e. The maximum Gasteiger partial charge on any atom is 0.277 e. The molecule has 0 unspecified atom stereocenters. The average molecular weight is 759 g/mol. The first-order valence-corrected chi connectivity index (χ1v) is 21.2. The topological polar surface area (TPSA) is 6.48 Å². The van der Waals surface area contributed by atoms with Gasteiger partial charge < -0.3 is 9.80 Å². The lowest BCUT2D eigenvalue weighted by Crippen LogP contribution is -2.59. The lowest BCUT2D eigenvalue weighted by atomic mass is 9.39. The molecule has 2 aromatic heterocycles. The van der Waals surface area contributed by atoms with Crippen molar-refractivity contribution in [2.45, 2.75) is 0 Å². The van der Waals surface area contributed by atoms with Gasteiger partial charge in [0, 0.05) is 52.4 Å². The van der Waals surface area contributed by atoms with E-state index in [-0.39, 0.29) is 6.71 Å². The van der Waals surface area contributed by atoms with E-state index >= 15 is 0 Å². The van der Waals surface area contributed by atoms with E-state index in [1.54, 1.807) is 0 Å². The highest BCUT2D eigenvalue weighted by Gasteiger charge is 2.47. The molecule has 0 amide bonds. The number of benzene rings is 9. The zero-order valence-corrected chi connectivity index (χ0v) is 32.3. The minimum atomic E-state index is 0.111. The van der Waals surface area contributed by atoms with Gasteiger partial charge >= 0.3 is 0 Å². The number of thiophene rings is 2. The molecule has 0 saturated carbocycles. The Kier molecular flexibility index (Phi) is 6.60. The molecule has 57 heavy (non-hydrogen) atoms. The molecule has 5 heteroatoms. The van der Waals surface area contributed by atoms with Gasteiger partial charge in [-0.2, -0.15) is 0 Å². The van der Waals surface area contributed by atoms with Crippen LogP contribution in [0, 0.1) is 0 Å². The summed E-state index contributed by atoms with van der Waals surface area (Å²) in [5.74, 6) is 0. The van der Waals surface area contributed by atoms with Crippen LogP contribution in [0.1, 0.15) is 0 Å².